The molecule has 6 aromatic rings. The molecule has 38 heavy (non-hydrogen) atoms. The average Bonchev–Trinajstić information content (AvgIpc) is 2.97. The van der Waals surface area contributed by atoms with Crippen LogP contribution >= 0.6 is 0 Å². The summed E-state index contributed by atoms with van der Waals surface area (Å²) in [5, 5.41) is 0. The minimum atomic E-state index is 0.856. The third kappa shape index (κ3) is 5.07. The van der Waals surface area contributed by atoms with Crippen LogP contribution in [0.4, 0.5) is 0 Å². The predicted octanol–water partition coefficient (Wildman–Crippen LogP) is 5.33. The van der Waals surface area contributed by atoms with Crippen LogP contribution in [-0.4, -0.2) is 25.7 Å². The van der Waals surface area contributed by atoms with Crippen molar-refractivity contribution in [2.24, 2.45) is 0 Å². The predicted molar refractivity (Wildman–Crippen MR) is 166 cm³/mol. The third-order valence-corrected chi connectivity index (χ3v) is 6.76. The summed E-state index contributed by atoms with van der Waals surface area (Å²) in [6, 6.07) is 46.7. The monoisotopic (exact) mass is 484 g/mol. The van der Waals surface area contributed by atoms with Gasteiger partial charge in [0.1, 0.15) is 15.7 Å². The van der Waals surface area contributed by atoms with Crippen LogP contribution in [0.5, 0.6) is 0 Å². The molecule has 0 radical (unpaired) electrons. The van der Waals surface area contributed by atoms with Crippen molar-refractivity contribution >= 4 is 26.6 Å². The van der Waals surface area contributed by atoms with E-state index in [-0.39, 0.29) is 0 Å². The fourth-order valence-electron chi connectivity index (χ4n) is 4.82. The summed E-state index contributed by atoms with van der Waals surface area (Å²) >= 11 is 0. The summed E-state index contributed by atoms with van der Waals surface area (Å²) in [6.45, 7) is 0. The van der Waals surface area contributed by atoms with E-state index >= 15 is 0 Å². The highest BCUT2D eigenvalue weighted by molar-refractivity contribution is 6.32. The first-order valence-electron chi connectivity index (χ1n) is 12.9. The Hall–Kier alpha value is -4.69. The summed E-state index contributed by atoms with van der Waals surface area (Å²) in [7, 11) is 4.23. The maximum absolute atomic E-state index is 5.17. The zero-order valence-electron chi connectivity index (χ0n) is 21.6. The third-order valence-electron chi connectivity index (χ3n) is 6.76. The Morgan fingerprint density at radius 3 is 1.08 bits per heavy atom. The molecule has 0 saturated heterocycles. The summed E-state index contributed by atoms with van der Waals surface area (Å²) < 4.78 is 0. The number of aromatic nitrogens is 2. The van der Waals surface area contributed by atoms with Crippen LogP contribution in [0.15, 0.2) is 133 Å². The minimum Gasteiger partial charge on any atom is -0.246 e. The fourth-order valence-corrected chi connectivity index (χ4v) is 4.82. The maximum atomic E-state index is 5.17. The van der Waals surface area contributed by atoms with Crippen LogP contribution in [0.3, 0.4) is 0 Å². The number of pyridine rings is 2. The highest BCUT2D eigenvalue weighted by Crippen LogP contribution is 2.33. The Balaban J connectivity index is 1.59. The number of hydrogen-bond acceptors (Lipinski definition) is 2. The van der Waals surface area contributed by atoms with E-state index in [0.717, 1.165) is 56.2 Å². The van der Waals surface area contributed by atoms with E-state index in [4.69, 9.17) is 9.97 Å². The van der Waals surface area contributed by atoms with Crippen LogP contribution in [0, 0.1) is 0 Å². The van der Waals surface area contributed by atoms with Gasteiger partial charge in [-0.1, -0.05) is 120 Å². The molecule has 2 aromatic heterocycles. The summed E-state index contributed by atoms with van der Waals surface area (Å²) in [5.41, 5.74) is 12.8. The quantitative estimate of drug-likeness (QED) is 0.310. The highest BCUT2D eigenvalue weighted by Gasteiger charge is 2.14. The molecule has 0 atom stereocenters. The van der Waals surface area contributed by atoms with Gasteiger partial charge in [0, 0.05) is 0 Å². The van der Waals surface area contributed by atoms with Gasteiger partial charge in [0.25, 0.3) is 0 Å². The van der Waals surface area contributed by atoms with Crippen molar-refractivity contribution in [3.8, 4) is 56.2 Å². The second-order valence-corrected chi connectivity index (χ2v) is 9.72. The van der Waals surface area contributed by atoms with Gasteiger partial charge in [0.2, 0.25) is 0 Å². The van der Waals surface area contributed by atoms with Crippen molar-refractivity contribution in [2.45, 2.75) is 0 Å². The Kier molecular flexibility index (Phi) is 6.46. The van der Waals surface area contributed by atoms with Gasteiger partial charge >= 0.3 is 0 Å². The smallest absolute Gasteiger partial charge is 0.139 e. The molecule has 2 nitrogen and oxygen atoms in total. The van der Waals surface area contributed by atoms with Crippen LogP contribution in [0.2, 0.25) is 0 Å². The molecule has 4 aromatic carbocycles. The molecule has 2 heterocycles. The molecule has 0 aliphatic carbocycles. The molecule has 0 aliphatic rings. The van der Waals surface area contributed by atoms with Gasteiger partial charge < -0.3 is 0 Å². The molecule has 4 heteroatoms. The van der Waals surface area contributed by atoms with Crippen LogP contribution in [0.1, 0.15) is 0 Å². The molecular weight excluding hydrogens is 458 g/mol. The first-order valence-corrected chi connectivity index (χ1v) is 12.9. The SMILES string of the molecule is Bc1cccc(-c2cc(-c3ccccc3)cc(-c3cc(-c4ccccc4)cc(-c4cccc(B)c4)n3)n2)c1. The molecule has 0 saturated carbocycles. The molecule has 0 bridgehead atoms. The van der Waals surface area contributed by atoms with E-state index in [2.05, 4.69) is 137 Å². The van der Waals surface area contributed by atoms with Gasteiger partial charge in [-0.3, -0.25) is 0 Å². The van der Waals surface area contributed by atoms with Gasteiger partial charge in [-0.25, -0.2) is 9.97 Å². The topological polar surface area (TPSA) is 25.8 Å². The Morgan fingerprint density at radius 1 is 0.316 bits per heavy atom. The lowest BCUT2D eigenvalue weighted by atomic mass is 9.92. The molecule has 0 unspecified atom stereocenters. The van der Waals surface area contributed by atoms with E-state index < -0.39 is 0 Å². The highest BCUT2D eigenvalue weighted by atomic mass is 14.8. The van der Waals surface area contributed by atoms with Crippen molar-refractivity contribution in [1.29, 1.82) is 0 Å². The van der Waals surface area contributed by atoms with Crippen molar-refractivity contribution < 1.29 is 0 Å². The Morgan fingerprint density at radius 2 is 0.684 bits per heavy atom. The first-order chi connectivity index (χ1) is 18.6. The molecule has 0 N–H and O–H groups in total. The zero-order valence-corrected chi connectivity index (χ0v) is 21.6. The van der Waals surface area contributed by atoms with Gasteiger partial charge in [-0.05, 0) is 57.6 Å². The number of nitrogens with zero attached hydrogens (tertiary/aromatic N) is 2. The first kappa shape index (κ1) is 23.7. The molecule has 0 aliphatic heterocycles. The second kappa shape index (κ2) is 10.4. The van der Waals surface area contributed by atoms with Crippen molar-refractivity contribution in [3.63, 3.8) is 0 Å². The van der Waals surface area contributed by atoms with E-state index in [9.17, 15) is 0 Å². The van der Waals surface area contributed by atoms with Crippen LogP contribution in [0.25, 0.3) is 56.2 Å². The number of hydrogen-bond donors (Lipinski definition) is 0. The number of rotatable bonds is 5. The molecule has 0 spiro atoms. The normalized spacial score (nSPS) is 10.8. The summed E-state index contributed by atoms with van der Waals surface area (Å²) in [6.07, 6.45) is 0. The molecule has 6 rings (SSSR count). The zero-order chi connectivity index (χ0) is 25.9. The average molecular weight is 484 g/mol. The lowest BCUT2D eigenvalue weighted by Crippen LogP contribution is -2.02. The summed E-state index contributed by atoms with van der Waals surface area (Å²) in [5.74, 6) is 0. The van der Waals surface area contributed by atoms with Gasteiger partial charge in [-0.2, -0.15) is 0 Å². The molecule has 178 valence electrons. The van der Waals surface area contributed by atoms with Crippen LogP contribution < -0.4 is 10.9 Å². The van der Waals surface area contributed by atoms with E-state index in [1.165, 1.54) is 10.9 Å². The van der Waals surface area contributed by atoms with E-state index in [0.29, 0.717) is 0 Å². The maximum Gasteiger partial charge on any atom is 0.139 e. The van der Waals surface area contributed by atoms with Crippen molar-refractivity contribution in [1.82, 2.24) is 9.97 Å². The Bertz CT molecular complexity index is 1600. The van der Waals surface area contributed by atoms with Crippen molar-refractivity contribution in [3.05, 3.63) is 133 Å². The lowest BCUT2D eigenvalue weighted by Gasteiger charge is -2.13. The second-order valence-electron chi connectivity index (χ2n) is 9.72. The van der Waals surface area contributed by atoms with Gasteiger partial charge in [-0.15, -0.1) is 0 Å². The van der Waals surface area contributed by atoms with Gasteiger partial charge in [0.15, 0.2) is 0 Å². The largest absolute Gasteiger partial charge is 0.246 e. The standard InChI is InChI=1S/C34H26B2N2/c35-29-15-7-13-25(17-29)31-19-27(23-9-3-1-4-10-23)21-33(37-31)34-22-28(24-11-5-2-6-12-24)20-32(38-34)26-14-8-16-30(36)18-26/h1-22H,35-36H2. The summed E-state index contributed by atoms with van der Waals surface area (Å²) in [4.78, 5) is 10.3. The van der Waals surface area contributed by atoms with E-state index in [1.54, 1.807) is 0 Å². The van der Waals surface area contributed by atoms with Crippen molar-refractivity contribution in [2.75, 3.05) is 0 Å². The molecular formula is C34H26B2N2. The minimum absolute atomic E-state index is 0.856. The van der Waals surface area contributed by atoms with Gasteiger partial charge in [0.05, 0.1) is 22.8 Å². The van der Waals surface area contributed by atoms with Crippen LogP contribution in [-0.2, 0) is 0 Å². The van der Waals surface area contributed by atoms with E-state index in [1.807, 2.05) is 12.1 Å². The fraction of sp³-hybridized carbons (Fsp3) is 0. The number of benzene rings is 4. The molecule has 0 amide bonds. The Labute approximate surface area is 225 Å². The lowest BCUT2D eigenvalue weighted by molar-refractivity contribution is 1.25. The molecule has 0 fully saturated rings.